The molecule has 1 aromatic carbocycles. The molecule has 2 heterocycles. The van der Waals surface area contributed by atoms with Crippen LogP contribution in [0.2, 0.25) is 0 Å². The minimum absolute atomic E-state index is 0.173. The van der Waals surface area contributed by atoms with E-state index in [0.29, 0.717) is 17.3 Å². The highest BCUT2D eigenvalue weighted by molar-refractivity contribution is 5.71. The van der Waals surface area contributed by atoms with Crippen molar-refractivity contribution in [2.75, 3.05) is 25.5 Å². The van der Waals surface area contributed by atoms with Crippen LogP contribution in [0.25, 0.3) is 11.3 Å². The number of nitrogens with one attached hydrogen (secondary N) is 1. The van der Waals surface area contributed by atoms with Crippen LogP contribution in [0.4, 0.5) is 5.82 Å². The number of hydrogen-bond acceptors (Lipinski definition) is 5. The number of likely N-dealkylation sites (N-methyl/N-ethyl adjacent to an activating group) is 1. The van der Waals surface area contributed by atoms with E-state index in [0.717, 1.165) is 36.5 Å². The van der Waals surface area contributed by atoms with Gasteiger partial charge in [-0.15, -0.1) is 16.1 Å². The van der Waals surface area contributed by atoms with Gasteiger partial charge in [-0.1, -0.05) is 5.92 Å². The van der Waals surface area contributed by atoms with Crippen LogP contribution in [0.1, 0.15) is 30.9 Å². The molecule has 1 aliphatic heterocycles. The Kier molecular flexibility index (Phi) is 5.20. The lowest BCUT2D eigenvalue weighted by atomic mass is 10.0. The fourth-order valence-electron chi connectivity index (χ4n) is 3.27. The molecule has 25 heavy (non-hydrogen) atoms. The topological polar surface area (TPSA) is 61.3 Å². The predicted molar refractivity (Wildman–Crippen MR) is 101 cm³/mol. The second-order valence-electron chi connectivity index (χ2n) is 6.61. The van der Waals surface area contributed by atoms with E-state index >= 15 is 0 Å². The molecule has 1 aliphatic rings. The highest BCUT2D eigenvalue weighted by Crippen LogP contribution is 2.31. The average Bonchev–Trinajstić information content (AvgIpc) is 2.56. The summed E-state index contributed by atoms with van der Waals surface area (Å²) in [4.78, 5) is 2.33. The number of phenols is 1. The highest BCUT2D eigenvalue weighted by Gasteiger charge is 2.18. The van der Waals surface area contributed by atoms with Gasteiger partial charge in [-0.3, -0.25) is 0 Å². The summed E-state index contributed by atoms with van der Waals surface area (Å²) < 4.78 is 0. The van der Waals surface area contributed by atoms with Crippen LogP contribution in [0, 0.1) is 18.8 Å². The highest BCUT2D eigenvalue weighted by atomic mass is 16.3. The molecule has 0 unspecified atom stereocenters. The van der Waals surface area contributed by atoms with E-state index in [1.54, 1.807) is 13.0 Å². The summed E-state index contributed by atoms with van der Waals surface area (Å²) in [6.45, 7) is 5.93. The molecule has 0 saturated carbocycles. The zero-order chi connectivity index (χ0) is 17.8. The van der Waals surface area contributed by atoms with Crippen LogP contribution in [0.5, 0.6) is 5.75 Å². The van der Waals surface area contributed by atoms with Crippen molar-refractivity contribution in [3.8, 4) is 28.8 Å². The fraction of sp³-hybridized carbons (Fsp3) is 0.400. The number of likely N-dealkylation sites (tertiary alicyclic amines) is 1. The molecule has 0 amide bonds. The number of aromatic hydroxyl groups is 1. The number of piperidine rings is 1. The van der Waals surface area contributed by atoms with Gasteiger partial charge in [0, 0.05) is 23.7 Å². The van der Waals surface area contributed by atoms with E-state index < -0.39 is 0 Å². The monoisotopic (exact) mass is 336 g/mol. The van der Waals surface area contributed by atoms with Gasteiger partial charge in [0.2, 0.25) is 0 Å². The Morgan fingerprint density at radius 1 is 1.28 bits per heavy atom. The molecular formula is C20H24N4O. The van der Waals surface area contributed by atoms with Crippen molar-refractivity contribution in [1.82, 2.24) is 15.1 Å². The molecule has 1 fully saturated rings. The van der Waals surface area contributed by atoms with E-state index in [1.165, 1.54) is 6.42 Å². The maximum absolute atomic E-state index is 10.3. The molecule has 5 nitrogen and oxygen atoms in total. The summed E-state index contributed by atoms with van der Waals surface area (Å²) in [6.07, 6.45) is 2.34. The lowest BCUT2D eigenvalue weighted by Gasteiger charge is -2.30. The number of benzene rings is 1. The molecule has 0 spiro atoms. The Bertz CT molecular complexity index is 822. The van der Waals surface area contributed by atoms with E-state index in [-0.39, 0.29) is 5.75 Å². The molecule has 5 heteroatoms. The van der Waals surface area contributed by atoms with E-state index in [1.807, 2.05) is 25.1 Å². The molecule has 0 bridgehead atoms. The van der Waals surface area contributed by atoms with Gasteiger partial charge in [-0.25, -0.2) is 0 Å². The fourth-order valence-corrected chi connectivity index (χ4v) is 3.27. The Morgan fingerprint density at radius 2 is 2.12 bits per heavy atom. The van der Waals surface area contributed by atoms with Gasteiger partial charge in [0.05, 0.1) is 5.69 Å². The van der Waals surface area contributed by atoms with Gasteiger partial charge < -0.3 is 15.3 Å². The molecule has 1 saturated heterocycles. The van der Waals surface area contributed by atoms with Crippen LogP contribution in [0.3, 0.4) is 0 Å². The third kappa shape index (κ3) is 4.09. The maximum Gasteiger partial charge on any atom is 0.149 e. The zero-order valence-electron chi connectivity index (χ0n) is 15.0. The first-order valence-electron chi connectivity index (χ1n) is 8.62. The number of aryl methyl sites for hydroxylation is 1. The number of nitrogens with zero attached hydrogens (tertiary/aromatic N) is 3. The smallest absolute Gasteiger partial charge is 0.149 e. The normalized spacial score (nSPS) is 17.6. The second-order valence-corrected chi connectivity index (χ2v) is 6.61. The standard InChI is InChI=1S/C20H24N4O/c1-4-6-15-8-9-17(18(25)12-15)20-14(2)11-19(22-23-20)21-16-7-5-10-24(3)13-16/h8-9,11-12,16,25H,5,7,10,13H2,1-3H3,(H,21,22)/t16-/m1/s1. The number of rotatable bonds is 3. The summed E-state index contributed by atoms with van der Waals surface area (Å²) in [5, 5.41) is 22.4. The number of hydrogen-bond donors (Lipinski definition) is 2. The molecule has 3 rings (SSSR count). The van der Waals surface area contributed by atoms with Gasteiger partial charge in [-0.2, -0.15) is 0 Å². The minimum Gasteiger partial charge on any atom is -0.507 e. The van der Waals surface area contributed by atoms with Crippen molar-refractivity contribution in [3.63, 3.8) is 0 Å². The largest absolute Gasteiger partial charge is 0.507 e. The van der Waals surface area contributed by atoms with Crippen LogP contribution in [-0.2, 0) is 0 Å². The van der Waals surface area contributed by atoms with Gasteiger partial charge in [-0.05, 0) is 70.1 Å². The van der Waals surface area contributed by atoms with Crippen molar-refractivity contribution < 1.29 is 5.11 Å². The lowest BCUT2D eigenvalue weighted by Crippen LogP contribution is -2.39. The Balaban J connectivity index is 1.81. The Morgan fingerprint density at radius 3 is 2.80 bits per heavy atom. The molecule has 2 aromatic rings. The molecule has 0 aliphatic carbocycles. The average molecular weight is 336 g/mol. The zero-order valence-corrected chi connectivity index (χ0v) is 15.0. The quantitative estimate of drug-likeness (QED) is 0.844. The summed E-state index contributed by atoms with van der Waals surface area (Å²) in [5.74, 6) is 6.73. The van der Waals surface area contributed by atoms with Gasteiger partial charge >= 0.3 is 0 Å². The first-order chi connectivity index (χ1) is 12.1. The first kappa shape index (κ1) is 17.2. The number of anilines is 1. The number of aromatic nitrogens is 2. The van der Waals surface area contributed by atoms with Gasteiger partial charge in [0.15, 0.2) is 0 Å². The van der Waals surface area contributed by atoms with E-state index in [2.05, 4.69) is 39.3 Å². The van der Waals surface area contributed by atoms with Crippen LogP contribution in [0.15, 0.2) is 24.3 Å². The molecule has 1 atom stereocenters. The summed E-state index contributed by atoms with van der Waals surface area (Å²) in [6, 6.07) is 7.79. The first-order valence-corrected chi connectivity index (χ1v) is 8.62. The second kappa shape index (κ2) is 7.54. The predicted octanol–water partition coefficient (Wildman–Crippen LogP) is 3.04. The maximum atomic E-state index is 10.3. The summed E-state index contributed by atoms with van der Waals surface area (Å²) in [7, 11) is 2.14. The molecule has 1 aromatic heterocycles. The van der Waals surface area contributed by atoms with Crippen LogP contribution >= 0.6 is 0 Å². The summed E-state index contributed by atoms with van der Waals surface area (Å²) in [5.41, 5.74) is 3.13. The third-order valence-electron chi connectivity index (χ3n) is 4.48. The molecule has 2 N–H and O–H groups in total. The Hall–Kier alpha value is -2.58. The van der Waals surface area contributed by atoms with E-state index in [9.17, 15) is 5.11 Å². The van der Waals surface area contributed by atoms with Gasteiger partial charge in [0.1, 0.15) is 11.6 Å². The Labute approximate surface area is 149 Å². The van der Waals surface area contributed by atoms with Crippen LogP contribution < -0.4 is 5.32 Å². The van der Waals surface area contributed by atoms with Crippen molar-refractivity contribution in [2.24, 2.45) is 0 Å². The van der Waals surface area contributed by atoms with Crippen LogP contribution in [-0.4, -0.2) is 46.4 Å². The summed E-state index contributed by atoms with van der Waals surface area (Å²) >= 11 is 0. The van der Waals surface area contributed by atoms with Crippen molar-refractivity contribution in [3.05, 3.63) is 35.4 Å². The molecule has 130 valence electrons. The molecule has 0 radical (unpaired) electrons. The lowest BCUT2D eigenvalue weighted by molar-refractivity contribution is 0.260. The van der Waals surface area contributed by atoms with Crippen molar-refractivity contribution in [1.29, 1.82) is 0 Å². The number of phenolic OH excluding ortho intramolecular Hbond substituents is 1. The molecular weight excluding hydrogens is 312 g/mol. The van der Waals surface area contributed by atoms with Gasteiger partial charge in [0.25, 0.3) is 0 Å². The minimum atomic E-state index is 0.173. The SMILES string of the molecule is CC#Cc1ccc(-c2nnc(N[C@@H]3CCCN(C)C3)cc2C)c(O)c1. The van der Waals surface area contributed by atoms with E-state index in [4.69, 9.17) is 0 Å². The van der Waals surface area contributed by atoms with Crippen molar-refractivity contribution >= 4 is 5.82 Å². The van der Waals surface area contributed by atoms with Crippen molar-refractivity contribution in [2.45, 2.75) is 32.7 Å². The third-order valence-corrected chi connectivity index (χ3v) is 4.48.